The summed E-state index contributed by atoms with van der Waals surface area (Å²) < 4.78 is 20.7. The molecule has 2 aromatic rings. The lowest BCUT2D eigenvalue weighted by atomic mass is 10.0. The molecule has 0 aliphatic rings. The molecule has 133 valence electrons. The standard InChI is InChI=1S/C20H23O5/c1-22-18-12-11-15(13-19(18)23-2)7-6-9-16-8-4-5-10-17(16)25-14-20(21)24-3/h4-5,8-13H,6-7,14H2,1-3H3. The van der Waals surface area contributed by atoms with Crippen LogP contribution in [0.4, 0.5) is 0 Å². The molecule has 0 N–H and O–H groups in total. The van der Waals surface area contributed by atoms with Crippen LogP contribution in [-0.2, 0) is 16.0 Å². The monoisotopic (exact) mass is 343 g/mol. The normalized spacial score (nSPS) is 10.2. The maximum Gasteiger partial charge on any atom is 0.343 e. The highest BCUT2D eigenvalue weighted by molar-refractivity contribution is 5.71. The minimum Gasteiger partial charge on any atom is -0.493 e. The number of hydrogen-bond acceptors (Lipinski definition) is 5. The third kappa shape index (κ3) is 5.41. The Morgan fingerprint density at radius 1 is 0.960 bits per heavy atom. The van der Waals surface area contributed by atoms with Crippen molar-refractivity contribution in [3.05, 3.63) is 60.0 Å². The average molecular weight is 343 g/mol. The van der Waals surface area contributed by atoms with Gasteiger partial charge < -0.3 is 18.9 Å². The SMILES string of the molecule is COC(=O)COc1ccccc1[CH]CCc1ccc(OC)c(OC)c1. The number of methoxy groups -OCH3 is 3. The number of aryl methyl sites for hydroxylation is 1. The maximum absolute atomic E-state index is 11.2. The van der Waals surface area contributed by atoms with Crippen LogP contribution < -0.4 is 14.2 Å². The van der Waals surface area contributed by atoms with Gasteiger partial charge in [-0.1, -0.05) is 24.3 Å². The quantitative estimate of drug-likeness (QED) is 0.653. The van der Waals surface area contributed by atoms with E-state index in [0.29, 0.717) is 5.75 Å². The summed E-state index contributed by atoms with van der Waals surface area (Å²) in [5.74, 6) is 1.71. The Labute approximate surface area is 148 Å². The largest absolute Gasteiger partial charge is 0.493 e. The van der Waals surface area contributed by atoms with Crippen LogP contribution in [0.15, 0.2) is 42.5 Å². The molecule has 0 bridgehead atoms. The fraction of sp³-hybridized carbons (Fsp3) is 0.300. The summed E-state index contributed by atoms with van der Waals surface area (Å²) in [5, 5.41) is 0. The Morgan fingerprint density at radius 2 is 1.72 bits per heavy atom. The number of hydrogen-bond donors (Lipinski definition) is 0. The van der Waals surface area contributed by atoms with Gasteiger partial charge in [-0.25, -0.2) is 4.79 Å². The maximum atomic E-state index is 11.2. The van der Waals surface area contributed by atoms with Gasteiger partial charge in [-0.3, -0.25) is 0 Å². The highest BCUT2D eigenvalue weighted by Gasteiger charge is 2.08. The van der Waals surface area contributed by atoms with Crippen molar-refractivity contribution in [2.75, 3.05) is 27.9 Å². The van der Waals surface area contributed by atoms with Gasteiger partial charge in [-0.05, 0) is 48.6 Å². The summed E-state index contributed by atoms with van der Waals surface area (Å²) in [6.07, 6.45) is 3.77. The first-order valence-electron chi connectivity index (χ1n) is 8.00. The molecule has 0 aromatic heterocycles. The topological polar surface area (TPSA) is 54.0 Å². The lowest BCUT2D eigenvalue weighted by Gasteiger charge is -2.11. The van der Waals surface area contributed by atoms with Crippen molar-refractivity contribution in [1.29, 1.82) is 0 Å². The number of carbonyl (C=O) groups excluding carboxylic acids is 1. The van der Waals surface area contributed by atoms with Crippen molar-refractivity contribution in [3.8, 4) is 17.2 Å². The third-order valence-corrected chi connectivity index (χ3v) is 3.74. The molecule has 5 heteroatoms. The Morgan fingerprint density at radius 3 is 2.44 bits per heavy atom. The molecule has 0 aliphatic heterocycles. The lowest BCUT2D eigenvalue weighted by molar-refractivity contribution is -0.142. The molecule has 0 amide bonds. The van der Waals surface area contributed by atoms with Crippen LogP contribution in [0, 0.1) is 6.42 Å². The number of benzene rings is 2. The van der Waals surface area contributed by atoms with Crippen molar-refractivity contribution in [2.45, 2.75) is 12.8 Å². The van der Waals surface area contributed by atoms with Crippen LogP contribution in [0.1, 0.15) is 17.5 Å². The fourth-order valence-corrected chi connectivity index (χ4v) is 2.41. The van der Waals surface area contributed by atoms with Crippen molar-refractivity contribution in [3.63, 3.8) is 0 Å². The number of rotatable bonds is 9. The molecular weight excluding hydrogens is 320 g/mol. The van der Waals surface area contributed by atoms with Crippen LogP contribution in [0.25, 0.3) is 0 Å². The zero-order valence-corrected chi connectivity index (χ0v) is 14.8. The minimum absolute atomic E-state index is 0.100. The van der Waals surface area contributed by atoms with E-state index in [0.717, 1.165) is 35.5 Å². The zero-order valence-electron chi connectivity index (χ0n) is 14.8. The average Bonchev–Trinajstić information content (AvgIpc) is 2.66. The summed E-state index contributed by atoms with van der Waals surface area (Å²) in [5.41, 5.74) is 2.11. The van der Waals surface area contributed by atoms with Crippen molar-refractivity contribution >= 4 is 5.97 Å². The smallest absolute Gasteiger partial charge is 0.343 e. The molecule has 5 nitrogen and oxygen atoms in total. The second-order valence-corrected chi connectivity index (χ2v) is 5.33. The van der Waals surface area contributed by atoms with Gasteiger partial charge in [0.15, 0.2) is 18.1 Å². The molecule has 2 aromatic carbocycles. The van der Waals surface area contributed by atoms with Crippen LogP contribution in [-0.4, -0.2) is 33.9 Å². The van der Waals surface area contributed by atoms with Gasteiger partial charge >= 0.3 is 5.97 Å². The van der Waals surface area contributed by atoms with E-state index < -0.39 is 5.97 Å². The van der Waals surface area contributed by atoms with E-state index in [4.69, 9.17) is 14.2 Å². The fourth-order valence-electron chi connectivity index (χ4n) is 2.41. The van der Waals surface area contributed by atoms with Gasteiger partial charge in [0.1, 0.15) is 5.75 Å². The van der Waals surface area contributed by atoms with Gasteiger partial charge in [0.2, 0.25) is 0 Å². The van der Waals surface area contributed by atoms with Gasteiger partial charge in [0, 0.05) is 0 Å². The summed E-state index contributed by atoms with van der Waals surface area (Å²) in [6.45, 7) is -0.100. The van der Waals surface area contributed by atoms with E-state index in [2.05, 4.69) is 11.2 Å². The molecule has 0 unspecified atom stereocenters. The van der Waals surface area contributed by atoms with Gasteiger partial charge in [0.25, 0.3) is 0 Å². The first-order valence-corrected chi connectivity index (χ1v) is 8.00. The molecule has 0 aliphatic carbocycles. The molecule has 0 saturated heterocycles. The number of para-hydroxylation sites is 1. The van der Waals surface area contributed by atoms with Crippen LogP contribution in [0.5, 0.6) is 17.2 Å². The van der Waals surface area contributed by atoms with Gasteiger partial charge in [0.05, 0.1) is 21.3 Å². The molecule has 2 rings (SSSR count). The molecule has 0 saturated carbocycles. The van der Waals surface area contributed by atoms with Crippen LogP contribution in [0.3, 0.4) is 0 Å². The van der Waals surface area contributed by atoms with Crippen LogP contribution in [0.2, 0.25) is 0 Å². The predicted molar refractivity (Wildman–Crippen MR) is 95.2 cm³/mol. The molecule has 25 heavy (non-hydrogen) atoms. The molecule has 0 atom stereocenters. The Bertz CT molecular complexity index is 696. The lowest BCUT2D eigenvalue weighted by Crippen LogP contribution is -2.13. The Hall–Kier alpha value is -2.69. The predicted octanol–water partition coefficient (Wildman–Crippen LogP) is 3.44. The first-order chi connectivity index (χ1) is 12.2. The molecule has 0 spiro atoms. The van der Waals surface area contributed by atoms with E-state index in [9.17, 15) is 4.79 Å². The number of ether oxygens (including phenoxy) is 4. The molecule has 0 heterocycles. The van der Waals surface area contributed by atoms with Gasteiger partial charge in [-0.15, -0.1) is 0 Å². The molecule has 1 radical (unpaired) electrons. The zero-order chi connectivity index (χ0) is 18.1. The van der Waals surface area contributed by atoms with Crippen molar-refractivity contribution in [2.24, 2.45) is 0 Å². The third-order valence-electron chi connectivity index (χ3n) is 3.74. The summed E-state index contributed by atoms with van der Waals surface area (Å²) in [4.78, 5) is 11.2. The second kappa shape index (κ2) is 9.57. The van der Waals surface area contributed by atoms with E-state index in [-0.39, 0.29) is 6.61 Å². The van der Waals surface area contributed by atoms with E-state index in [1.54, 1.807) is 14.2 Å². The highest BCUT2D eigenvalue weighted by atomic mass is 16.6. The second-order valence-electron chi connectivity index (χ2n) is 5.33. The summed E-state index contributed by atoms with van der Waals surface area (Å²) in [7, 11) is 4.59. The summed E-state index contributed by atoms with van der Waals surface area (Å²) >= 11 is 0. The number of esters is 1. The van der Waals surface area contributed by atoms with E-state index in [1.807, 2.05) is 42.5 Å². The summed E-state index contributed by atoms with van der Waals surface area (Å²) in [6, 6.07) is 13.5. The van der Waals surface area contributed by atoms with Crippen molar-refractivity contribution < 1.29 is 23.7 Å². The number of carbonyl (C=O) groups is 1. The molecule has 0 fully saturated rings. The van der Waals surface area contributed by atoms with Crippen molar-refractivity contribution in [1.82, 2.24) is 0 Å². The Balaban J connectivity index is 1.94. The Kier molecular flexibility index (Phi) is 7.14. The highest BCUT2D eigenvalue weighted by Crippen LogP contribution is 2.28. The minimum atomic E-state index is -0.403. The van der Waals surface area contributed by atoms with E-state index in [1.165, 1.54) is 7.11 Å². The van der Waals surface area contributed by atoms with Crippen LogP contribution >= 0.6 is 0 Å². The van der Waals surface area contributed by atoms with E-state index >= 15 is 0 Å². The first kappa shape index (κ1) is 18.6. The molecular formula is C20H23O5. The van der Waals surface area contributed by atoms with Gasteiger partial charge in [-0.2, -0.15) is 0 Å².